The molecule has 0 saturated carbocycles. The summed E-state index contributed by atoms with van der Waals surface area (Å²) in [4.78, 5) is 18.3. The van der Waals surface area contributed by atoms with Gasteiger partial charge < -0.3 is 10.1 Å². The first-order chi connectivity index (χ1) is 14.3. The molecule has 1 aromatic heterocycles. The summed E-state index contributed by atoms with van der Waals surface area (Å²) in [5, 5.41) is 3.15. The van der Waals surface area contributed by atoms with E-state index in [0.717, 1.165) is 11.6 Å². The second-order valence-corrected chi connectivity index (χ2v) is 7.08. The molecule has 1 aliphatic heterocycles. The molecule has 0 aliphatic carbocycles. The van der Waals surface area contributed by atoms with Crippen LogP contribution in [0.3, 0.4) is 0 Å². The van der Waals surface area contributed by atoms with Gasteiger partial charge in [0, 0.05) is 41.3 Å². The Morgan fingerprint density at radius 1 is 1.13 bits per heavy atom. The van der Waals surface area contributed by atoms with E-state index in [-0.39, 0.29) is 5.69 Å². The number of amides is 2. The van der Waals surface area contributed by atoms with Crippen LogP contribution in [0.4, 0.5) is 29.3 Å². The fraction of sp³-hybridized carbons (Fsp3) is 0.143. The van der Waals surface area contributed by atoms with Crippen molar-refractivity contribution in [3.8, 4) is 16.9 Å². The molecule has 0 radical (unpaired) electrons. The zero-order chi connectivity index (χ0) is 21.3. The summed E-state index contributed by atoms with van der Waals surface area (Å²) in [6, 6.07) is 12.1. The van der Waals surface area contributed by atoms with Gasteiger partial charge in [0.05, 0.1) is 5.69 Å². The van der Waals surface area contributed by atoms with Gasteiger partial charge in [0.15, 0.2) is 0 Å². The average Bonchev–Trinajstić information content (AvgIpc) is 3.10. The van der Waals surface area contributed by atoms with Gasteiger partial charge in [-0.05, 0) is 47.9 Å². The number of rotatable bonds is 3. The number of aromatic nitrogens is 1. The first kappa shape index (κ1) is 20.0. The molecule has 2 heterocycles. The minimum absolute atomic E-state index is 0.163. The van der Waals surface area contributed by atoms with Gasteiger partial charge in [0.1, 0.15) is 5.75 Å². The van der Waals surface area contributed by atoms with Crippen LogP contribution in [0.2, 0.25) is 5.02 Å². The van der Waals surface area contributed by atoms with Crippen LogP contribution < -0.4 is 15.0 Å². The van der Waals surface area contributed by atoms with Crippen LogP contribution in [0.1, 0.15) is 5.56 Å². The van der Waals surface area contributed by atoms with Gasteiger partial charge in [-0.3, -0.25) is 9.88 Å². The van der Waals surface area contributed by atoms with Crippen LogP contribution in [-0.2, 0) is 6.42 Å². The fourth-order valence-electron chi connectivity index (χ4n) is 3.32. The van der Waals surface area contributed by atoms with E-state index >= 15 is 0 Å². The van der Waals surface area contributed by atoms with Crippen LogP contribution in [0.15, 0.2) is 60.9 Å². The maximum Gasteiger partial charge on any atom is 0.573 e. The number of benzene rings is 2. The highest BCUT2D eigenvalue weighted by molar-refractivity contribution is 6.31. The Morgan fingerprint density at radius 3 is 2.70 bits per heavy atom. The minimum Gasteiger partial charge on any atom is -0.406 e. The zero-order valence-corrected chi connectivity index (χ0v) is 16.2. The maximum atomic E-state index is 12.8. The van der Waals surface area contributed by atoms with Crippen molar-refractivity contribution >= 4 is 29.0 Å². The molecule has 5 nitrogen and oxygen atoms in total. The van der Waals surface area contributed by atoms with Gasteiger partial charge in [-0.25, -0.2) is 4.79 Å². The molecule has 2 amide bonds. The first-order valence-electron chi connectivity index (χ1n) is 8.97. The monoisotopic (exact) mass is 433 g/mol. The number of hydrogen-bond acceptors (Lipinski definition) is 3. The van der Waals surface area contributed by atoms with Crippen LogP contribution in [0.25, 0.3) is 11.1 Å². The third kappa shape index (κ3) is 4.49. The molecule has 0 atom stereocenters. The molecular weight excluding hydrogens is 419 g/mol. The molecule has 0 saturated heterocycles. The number of carbonyl (C=O) groups excluding carboxylic acids is 1. The SMILES string of the molecule is O=C(Nc1cc(OC(F)(F)F)cc(-c2cccnc2)c1)N1CCc2ccc(Cl)cc21. The van der Waals surface area contributed by atoms with E-state index < -0.39 is 18.1 Å². The Balaban J connectivity index is 1.64. The third-order valence-corrected chi connectivity index (χ3v) is 4.81. The first-order valence-corrected chi connectivity index (χ1v) is 9.34. The van der Waals surface area contributed by atoms with Crippen molar-refractivity contribution in [3.63, 3.8) is 0 Å². The van der Waals surface area contributed by atoms with Gasteiger partial charge in [0.2, 0.25) is 0 Å². The van der Waals surface area contributed by atoms with E-state index in [2.05, 4.69) is 15.0 Å². The summed E-state index contributed by atoms with van der Waals surface area (Å²) < 4.78 is 42.4. The van der Waals surface area contributed by atoms with Gasteiger partial charge in [-0.1, -0.05) is 23.7 Å². The van der Waals surface area contributed by atoms with Crippen molar-refractivity contribution in [3.05, 3.63) is 71.5 Å². The average molecular weight is 434 g/mol. The van der Waals surface area contributed by atoms with Gasteiger partial charge >= 0.3 is 12.4 Å². The van der Waals surface area contributed by atoms with Crippen molar-refractivity contribution < 1.29 is 22.7 Å². The topological polar surface area (TPSA) is 54.5 Å². The van der Waals surface area contributed by atoms with Crippen LogP contribution in [-0.4, -0.2) is 23.9 Å². The van der Waals surface area contributed by atoms with Gasteiger partial charge in [-0.2, -0.15) is 0 Å². The van der Waals surface area contributed by atoms with E-state index in [1.807, 2.05) is 6.07 Å². The number of anilines is 2. The van der Waals surface area contributed by atoms with Crippen molar-refractivity contribution in [2.75, 3.05) is 16.8 Å². The van der Waals surface area contributed by atoms with Crippen molar-refractivity contribution in [2.24, 2.45) is 0 Å². The van der Waals surface area contributed by atoms with Crippen LogP contribution >= 0.6 is 11.6 Å². The molecule has 2 aromatic carbocycles. The van der Waals surface area contributed by atoms with Crippen molar-refractivity contribution in [2.45, 2.75) is 12.8 Å². The number of carbonyl (C=O) groups is 1. The van der Waals surface area contributed by atoms with E-state index in [4.69, 9.17) is 11.6 Å². The third-order valence-electron chi connectivity index (χ3n) is 4.57. The van der Waals surface area contributed by atoms with Gasteiger partial charge in [-0.15, -0.1) is 13.2 Å². The molecule has 1 aliphatic rings. The largest absolute Gasteiger partial charge is 0.573 e. The Bertz CT molecular complexity index is 1090. The molecule has 0 unspecified atom stereocenters. The summed E-state index contributed by atoms with van der Waals surface area (Å²) >= 11 is 6.04. The molecule has 9 heteroatoms. The Labute approximate surface area is 175 Å². The maximum absolute atomic E-state index is 12.8. The molecule has 30 heavy (non-hydrogen) atoms. The Morgan fingerprint density at radius 2 is 1.97 bits per heavy atom. The number of nitrogens with one attached hydrogen (secondary N) is 1. The lowest BCUT2D eigenvalue weighted by Crippen LogP contribution is -2.33. The lowest BCUT2D eigenvalue weighted by atomic mass is 10.1. The second-order valence-electron chi connectivity index (χ2n) is 6.64. The molecule has 154 valence electrons. The van der Waals surface area contributed by atoms with Gasteiger partial charge in [0.25, 0.3) is 0 Å². The number of urea groups is 1. The quantitative estimate of drug-likeness (QED) is 0.560. The van der Waals surface area contributed by atoms with E-state index in [1.54, 1.807) is 36.5 Å². The molecular formula is C21H15ClF3N3O2. The Kier molecular flexibility index (Phi) is 5.26. The molecule has 1 N–H and O–H groups in total. The minimum atomic E-state index is -4.86. The normalized spacial score (nSPS) is 13.1. The number of alkyl halides is 3. The summed E-state index contributed by atoms with van der Waals surface area (Å²) in [5.74, 6) is -0.441. The predicted octanol–water partition coefficient (Wildman–Crippen LogP) is 5.90. The summed E-state index contributed by atoms with van der Waals surface area (Å²) in [6.45, 7) is 0.440. The number of pyridine rings is 1. The molecule has 0 bridgehead atoms. The summed E-state index contributed by atoms with van der Waals surface area (Å²) in [6.07, 6.45) is -1.13. The zero-order valence-electron chi connectivity index (χ0n) is 15.4. The summed E-state index contributed by atoms with van der Waals surface area (Å²) in [7, 11) is 0. The van der Waals surface area contributed by atoms with E-state index in [0.29, 0.717) is 34.8 Å². The van der Waals surface area contributed by atoms with E-state index in [1.165, 1.54) is 17.2 Å². The highest BCUT2D eigenvalue weighted by Gasteiger charge is 2.31. The standard InChI is InChI=1S/C21H15ClF3N3O2/c22-16-4-3-13-5-7-28(19(13)10-16)20(29)27-17-8-15(14-2-1-6-26-12-14)9-18(11-17)30-21(23,24)25/h1-4,6,8-12H,5,7H2,(H,27,29). The highest BCUT2D eigenvalue weighted by atomic mass is 35.5. The smallest absolute Gasteiger partial charge is 0.406 e. The lowest BCUT2D eigenvalue weighted by molar-refractivity contribution is -0.274. The highest BCUT2D eigenvalue weighted by Crippen LogP contribution is 2.34. The second kappa shape index (κ2) is 7.87. The summed E-state index contributed by atoms with van der Waals surface area (Å²) in [5.41, 5.74) is 2.81. The van der Waals surface area contributed by atoms with Crippen LogP contribution in [0, 0.1) is 0 Å². The molecule has 4 rings (SSSR count). The molecule has 0 spiro atoms. The number of ether oxygens (including phenoxy) is 1. The number of fused-ring (bicyclic) bond motifs is 1. The Hall–Kier alpha value is -3.26. The van der Waals surface area contributed by atoms with Crippen LogP contribution in [0.5, 0.6) is 5.75 Å². The molecule has 0 fully saturated rings. The molecule has 3 aromatic rings. The predicted molar refractivity (Wildman–Crippen MR) is 108 cm³/mol. The number of halogens is 4. The number of hydrogen-bond donors (Lipinski definition) is 1. The van der Waals surface area contributed by atoms with E-state index in [9.17, 15) is 18.0 Å². The lowest BCUT2D eigenvalue weighted by Gasteiger charge is -2.19. The van der Waals surface area contributed by atoms with Crippen molar-refractivity contribution in [1.82, 2.24) is 4.98 Å². The van der Waals surface area contributed by atoms with Crippen molar-refractivity contribution in [1.29, 1.82) is 0 Å². The fourth-order valence-corrected chi connectivity index (χ4v) is 3.48. The number of nitrogens with zero attached hydrogens (tertiary/aromatic N) is 2.